The smallest absolute Gasteiger partial charge is 0.297 e. The summed E-state index contributed by atoms with van der Waals surface area (Å²) in [5, 5.41) is 0. The molecular weight excluding hydrogens is 484 g/mol. The SMILES string of the molecule is Cc1ccc(S(=O)(=O)COC[C@H]2O[C@@H]3OC(C)(C)O[C@@H]3[C@H]2OS(=O)(=O)c2ccc(C)cc2)cc1. The van der Waals surface area contributed by atoms with Gasteiger partial charge in [-0.05, 0) is 52.0 Å². The van der Waals surface area contributed by atoms with Crippen LogP contribution < -0.4 is 0 Å². The van der Waals surface area contributed by atoms with Gasteiger partial charge in [-0.3, -0.25) is 4.18 Å². The highest BCUT2D eigenvalue weighted by Gasteiger charge is 2.57. The maximum Gasteiger partial charge on any atom is 0.297 e. The number of aryl methyl sites for hydroxylation is 2. The third-order valence-corrected chi connectivity index (χ3v) is 8.33. The van der Waals surface area contributed by atoms with E-state index >= 15 is 0 Å². The van der Waals surface area contributed by atoms with E-state index in [1.54, 1.807) is 38.1 Å². The summed E-state index contributed by atoms with van der Waals surface area (Å²) in [6, 6.07) is 12.6. The quantitative estimate of drug-likeness (QED) is 0.493. The minimum atomic E-state index is -4.16. The van der Waals surface area contributed by atoms with Crippen LogP contribution in [0.25, 0.3) is 0 Å². The highest BCUT2D eigenvalue weighted by atomic mass is 32.2. The number of sulfone groups is 1. The summed E-state index contributed by atoms with van der Waals surface area (Å²) >= 11 is 0. The van der Waals surface area contributed by atoms with Crippen LogP contribution in [0.1, 0.15) is 25.0 Å². The molecule has 0 unspecified atom stereocenters. The number of ether oxygens (including phenoxy) is 4. The fourth-order valence-corrected chi connectivity index (χ4v) is 5.90. The minimum absolute atomic E-state index is 0.0126. The van der Waals surface area contributed by atoms with Crippen molar-refractivity contribution in [3.63, 3.8) is 0 Å². The molecule has 2 aliphatic heterocycles. The summed E-state index contributed by atoms with van der Waals surface area (Å²) in [6.45, 7) is 6.83. The molecular formula is C23H28O9S2. The van der Waals surface area contributed by atoms with E-state index in [0.29, 0.717) is 0 Å². The fraction of sp³-hybridized carbons (Fsp3) is 0.478. The first-order valence-electron chi connectivity index (χ1n) is 10.7. The average molecular weight is 513 g/mol. The van der Waals surface area contributed by atoms with Crippen LogP contribution in [-0.4, -0.2) is 59.8 Å². The zero-order chi connectivity index (χ0) is 24.7. The summed E-state index contributed by atoms with van der Waals surface area (Å²) in [4.78, 5) is 0.117. The molecule has 0 saturated carbocycles. The monoisotopic (exact) mass is 512 g/mol. The molecule has 4 atom stereocenters. The lowest BCUT2D eigenvalue weighted by atomic mass is 10.1. The predicted molar refractivity (Wildman–Crippen MR) is 121 cm³/mol. The molecule has 2 aromatic rings. The Hall–Kier alpha value is -1.86. The van der Waals surface area contributed by atoms with Gasteiger partial charge in [-0.2, -0.15) is 8.42 Å². The van der Waals surface area contributed by atoms with Crippen molar-refractivity contribution in [3.05, 3.63) is 59.7 Å². The maximum absolute atomic E-state index is 12.9. The summed E-state index contributed by atoms with van der Waals surface area (Å²) in [5.74, 6) is -1.60. The summed E-state index contributed by atoms with van der Waals surface area (Å²) < 4.78 is 79.4. The molecule has 0 spiro atoms. The summed E-state index contributed by atoms with van der Waals surface area (Å²) in [6.07, 6.45) is -3.74. The molecule has 2 saturated heterocycles. The topological polar surface area (TPSA) is 114 Å². The zero-order valence-corrected chi connectivity index (χ0v) is 21.0. The van der Waals surface area contributed by atoms with Crippen molar-refractivity contribution in [1.29, 1.82) is 0 Å². The van der Waals surface area contributed by atoms with Crippen molar-refractivity contribution in [2.24, 2.45) is 0 Å². The summed E-state index contributed by atoms with van der Waals surface area (Å²) in [7, 11) is -7.86. The standard InChI is InChI=1S/C23H28O9S2/c1-15-5-9-17(10-6-15)33(24,25)14-28-13-19-20(21-22(29-19)31-23(3,4)30-21)32-34(26,27)18-11-7-16(2)8-12-18/h5-12,19-22H,13-14H2,1-4H3/t19-,20+,21-,22-/m1/s1. The molecule has 2 fully saturated rings. The van der Waals surface area contributed by atoms with Gasteiger partial charge >= 0.3 is 0 Å². The average Bonchev–Trinajstić information content (AvgIpc) is 3.20. The maximum atomic E-state index is 12.9. The Morgan fingerprint density at radius 1 is 0.853 bits per heavy atom. The van der Waals surface area contributed by atoms with E-state index in [1.165, 1.54) is 24.3 Å². The molecule has 0 bridgehead atoms. The van der Waals surface area contributed by atoms with Crippen LogP contribution in [0.15, 0.2) is 58.3 Å². The van der Waals surface area contributed by atoms with E-state index in [4.69, 9.17) is 23.1 Å². The first-order valence-corrected chi connectivity index (χ1v) is 13.8. The van der Waals surface area contributed by atoms with Crippen LogP contribution in [-0.2, 0) is 43.1 Å². The second-order valence-corrected chi connectivity index (χ2v) is 12.4. The van der Waals surface area contributed by atoms with Crippen molar-refractivity contribution >= 4 is 20.0 Å². The van der Waals surface area contributed by atoms with E-state index in [0.717, 1.165) is 11.1 Å². The highest BCUT2D eigenvalue weighted by molar-refractivity contribution is 7.91. The van der Waals surface area contributed by atoms with Crippen LogP contribution in [0, 0.1) is 13.8 Å². The third kappa shape index (κ3) is 5.51. The first-order chi connectivity index (χ1) is 15.9. The van der Waals surface area contributed by atoms with Crippen LogP contribution in [0.5, 0.6) is 0 Å². The molecule has 4 rings (SSSR count). The van der Waals surface area contributed by atoms with Crippen LogP contribution in [0.2, 0.25) is 0 Å². The molecule has 34 heavy (non-hydrogen) atoms. The van der Waals surface area contributed by atoms with Gasteiger partial charge in [0.25, 0.3) is 10.1 Å². The van der Waals surface area contributed by atoms with Gasteiger partial charge < -0.3 is 18.9 Å². The predicted octanol–water partition coefficient (Wildman–Crippen LogP) is 2.70. The Balaban J connectivity index is 1.48. The van der Waals surface area contributed by atoms with E-state index in [-0.39, 0.29) is 16.4 Å². The number of fused-ring (bicyclic) bond motifs is 1. The van der Waals surface area contributed by atoms with Crippen molar-refractivity contribution < 1.29 is 40.0 Å². The molecule has 2 heterocycles. The highest BCUT2D eigenvalue weighted by Crippen LogP contribution is 2.40. The number of hydrogen-bond acceptors (Lipinski definition) is 9. The Morgan fingerprint density at radius 3 is 2.00 bits per heavy atom. The lowest BCUT2D eigenvalue weighted by Gasteiger charge is -2.25. The Labute approximate surface area is 200 Å². The van der Waals surface area contributed by atoms with Crippen molar-refractivity contribution in [1.82, 2.24) is 0 Å². The Bertz CT molecular complexity index is 1220. The molecule has 2 aliphatic rings. The van der Waals surface area contributed by atoms with Gasteiger partial charge in [-0.25, -0.2) is 8.42 Å². The minimum Gasteiger partial charge on any atom is -0.362 e. The normalized spacial score (nSPS) is 26.5. The number of hydrogen-bond donors (Lipinski definition) is 0. The molecule has 186 valence electrons. The molecule has 0 amide bonds. The van der Waals surface area contributed by atoms with Gasteiger partial charge in [-0.15, -0.1) is 0 Å². The van der Waals surface area contributed by atoms with Gasteiger partial charge in [0.2, 0.25) is 9.84 Å². The third-order valence-electron chi connectivity index (χ3n) is 5.54. The van der Waals surface area contributed by atoms with Gasteiger partial charge in [0, 0.05) is 0 Å². The van der Waals surface area contributed by atoms with Crippen molar-refractivity contribution in [3.8, 4) is 0 Å². The Kier molecular flexibility index (Phi) is 6.91. The van der Waals surface area contributed by atoms with E-state index in [2.05, 4.69) is 0 Å². The van der Waals surface area contributed by atoms with Crippen LogP contribution in [0.4, 0.5) is 0 Å². The van der Waals surface area contributed by atoms with Gasteiger partial charge in [-0.1, -0.05) is 35.4 Å². The first kappa shape index (κ1) is 25.2. The van der Waals surface area contributed by atoms with Gasteiger partial charge in [0.1, 0.15) is 18.3 Å². The molecule has 0 radical (unpaired) electrons. The molecule has 11 heteroatoms. The van der Waals surface area contributed by atoms with E-state index in [9.17, 15) is 16.8 Å². The zero-order valence-electron chi connectivity index (χ0n) is 19.3. The van der Waals surface area contributed by atoms with E-state index in [1.807, 2.05) is 13.8 Å². The van der Waals surface area contributed by atoms with Crippen molar-refractivity contribution in [2.45, 2.75) is 67.9 Å². The number of rotatable bonds is 8. The van der Waals surface area contributed by atoms with Crippen LogP contribution in [0.3, 0.4) is 0 Å². The fourth-order valence-electron chi connectivity index (χ4n) is 3.79. The second kappa shape index (κ2) is 9.30. The molecule has 0 aliphatic carbocycles. The molecule has 2 aromatic carbocycles. The van der Waals surface area contributed by atoms with Gasteiger partial charge in [0.15, 0.2) is 18.0 Å². The molecule has 9 nitrogen and oxygen atoms in total. The number of benzene rings is 2. The van der Waals surface area contributed by atoms with Gasteiger partial charge in [0.05, 0.1) is 16.4 Å². The lowest BCUT2D eigenvalue weighted by molar-refractivity contribution is -0.217. The van der Waals surface area contributed by atoms with E-state index < -0.39 is 56.3 Å². The second-order valence-electron chi connectivity index (χ2n) is 8.89. The largest absolute Gasteiger partial charge is 0.362 e. The Morgan fingerprint density at radius 2 is 1.41 bits per heavy atom. The van der Waals surface area contributed by atoms with Crippen molar-refractivity contribution in [2.75, 3.05) is 12.5 Å². The molecule has 0 N–H and O–H groups in total. The van der Waals surface area contributed by atoms with Crippen LogP contribution >= 0.6 is 0 Å². The molecule has 0 aromatic heterocycles. The summed E-state index contributed by atoms with van der Waals surface area (Å²) in [5.41, 5.74) is 1.84. The lowest BCUT2D eigenvalue weighted by Crippen LogP contribution is -2.40.